The molecule has 0 unspecified atom stereocenters. The molecule has 0 bridgehead atoms. The Morgan fingerprint density at radius 3 is 2.87 bits per heavy atom. The zero-order chi connectivity index (χ0) is 16.6. The Morgan fingerprint density at radius 2 is 2.22 bits per heavy atom. The molecule has 3 rings (SSSR count). The maximum Gasteiger partial charge on any atom is 0.224 e. The molecule has 1 fully saturated rings. The van der Waals surface area contributed by atoms with Gasteiger partial charge in [-0.3, -0.25) is 9.48 Å². The predicted molar refractivity (Wildman–Crippen MR) is 78.6 cm³/mol. The van der Waals surface area contributed by atoms with E-state index in [9.17, 15) is 18.7 Å². The molecule has 0 spiro atoms. The Balaban J connectivity index is 1.65. The molecule has 1 heterocycles. The van der Waals surface area contributed by atoms with Crippen molar-refractivity contribution in [2.45, 2.75) is 38.0 Å². The summed E-state index contributed by atoms with van der Waals surface area (Å²) in [4.78, 5) is 12.1. The van der Waals surface area contributed by atoms with E-state index in [-0.39, 0.29) is 29.6 Å². The van der Waals surface area contributed by atoms with Crippen LogP contribution in [0.15, 0.2) is 30.6 Å². The standard InChI is InChI=1S/C16H17F2N3O2/c1-9-5-12(18)10(6-11(9)17)7-15(23)20-13-8-14(22)16(13)21-4-2-3-19-21/h2-6,13-14,16,22H,7-8H2,1H3,(H,20,23)/t13-,14+,16+/m0/s1. The molecule has 2 aromatic rings. The second-order valence-electron chi connectivity index (χ2n) is 5.82. The van der Waals surface area contributed by atoms with Gasteiger partial charge in [-0.1, -0.05) is 0 Å². The van der Waals surface area contributed by atoms with Gasteiger partial charge in [0.2, 0.25) is 5.91 Å². The fraction of sp³-hybridized carbons (Fsp3) is 0.375. The number of hydrogen-bond donors (Lipinski definition) is 2. The number of aliphatic hydroxyl groups excluding tert-OH is 1. The molecule has 23 heavy (non-hydrogen) atoms. The van der Waals surface area contributed by atoms with Crippen LogP contribution in [0.2, 0.25) is 0 Å². The van der Waals surface area contributed by atoms with E-state index in [1.165, 1.54) is 6.92 Å². The van der Waals surface area contributed by atoms with E-state index in [0.717, 1.165) is 12.1 Å². The number of halogens is 2. The quantitative estimate of drug-likeness (QED) is 0.897. The van der Waals surface area contributed by atoms with Crippen molar-refractivity contribution in [3.05, 3.63) is 53.4 Å². The highest BCUT2D eigenvalue weighted by molar-refractivity contribution is 5.79. The molecule has 1 saturated carbocycles. The van der Waals surface area contributed by atoms with Crippen molar-refractivity contribution in [2.24, 2.45) is 0 Å². The molecule has 122 valence electrons. The molecule has 0 saturated heterocycles. The van der Waals surface area contributed by atoms with Gasteiger partial charge in [0.05, 0.1) is 24.6 Å². The minimum absolute atomic E-state index is 0.0149. The summed E-state index contributed by atoms with van der Waals surface area (Å²) in [6.45, 7) is 1.46. The van der Waals surface area contributed by atoms with Gasteiger partial charge in [-0.05, 0) is 37.1 Å². The van der Waals surface area contributed by atoms with E-state index in [0.29, 0.717) is 6.42 Å². The lowest BCUT2D eigenvalue weighted by Crippen LogP contribution is -2.56. The van der Waals surface area contributed by atoms with Crippen molar-refractivity contribution >= 4 is 5.91 Å². The van der Waals surface area contributed by atoms with Crippen LogP contribution in [-0.4, -0.2) is 32.9 Å². The number of rotatable bonds is 4. The third-order valence-corrected chi connectivity index (χ3v) is 4.16. The number of aromatic nitrogens is 2. The van der Waals surface area contributed by atoms with Crippen LogP contribution in [0.4, 0.5) is 8.78 Å². The van der Waals surface area contributed by atoms with Crippen molar-refractivity contribution in [2.75, 3.05) is 0 Å². The van der Waals surface area contributed by atoms with E-state index in [2.05, 4.69) is 10.4 Å². The first kappa shape index (κ1) is 15.6. The maximum atomic E-state index is 13.8. The molecule has 3 atom stereocenters. The van der Waals surface area contributed by atoms with Crippen molar-refractivity contribution in [3.63, 3.8) is 0 Å². The van der Waals surface area contributed by atoms with E-state index in [1.807, 2.05) is 0 Å². The highest BCUT2D eigenvalue weighted by Crippen LogP contribution is 2.32. The van der Waals surface area contributed by atoms with Gasteiger partial charge in [0.15, 0.2) is 0 Å². The Labute approximate surface area is 131 Å². The van der Waals surface area contributed by atoms with Gasteiger partial charge in [0.1, 0.15) is 11.6 Å². The molecule has 1 aromatic carbocycles. The average molecular weight is 321 g/mol. The van der Waals surface area contributed by atoms with Crippen LogP contribution in [0.5, 0.6) is 0 Å². The SMILES string of the molecule is Cc1cc(F)c(CC(=O)N[C@H]2C[C@@H](O)[C@@H]2n2cccn2)cc1F. The molecule has 0 radical (unpaired) electrons. The zero-order valence-electron chi connectivity index (χ0n) is 12.5. The van der Waals surface area contributed by atoms with Crippen LogP contribution in [0.3, 0.4) is 0 Å². The molecule has 1 aliphatic carbocycles. The van der Waals surface area contributed by atoms with Gasteiger partial charge < -0.3 is 10.4 Å². The number of amides is 1. The van der Waals surface area contributed by atoms with Crippen LogP contribution in [0, 0.1) is 18.6 Å². The topological polar surface area (TPSA) is 67.2 Å². The van der Waals surface area contributed by atoms with Crippen molar-refractivity contribution in [1.82, 2.24) is 15.1 Å². The minimum Gasteiger partial charge on any atom is -0.391 e. The lowest BCUT2D eigenvalue weighted by Gasteiger charge is -2.41. The number of nitrogens with one attached hydrogen (secondary N) is 1. The van der Waals surface area contributed by atoms with Crippen molar-refractivity contribution in [1.29, 1.82) is 0 Å². The fourth-order valence-corrected chi connectivity index (χ4v) is 2.83. The summed E-state index contributed by atoms with van der Waals surface area (Å²) in [6, 6.07) is 3.24. The van der Waals surface area contributed by atoms with E-state index >= 15 is 0 Å². The lowest BCUT2D eigenvalue weighted by molar-refractivity contribution is -0.124. The molecule has 0 aliphatic heterocycles. The number of benzene rings is 1. The number of carbonyl (C=O) groups excluding carboxylic acids is 1. The van der Waals surface area contributed by atoms with Gasteiger partial charge >= 0.3 is 0 Å². The van der Waals surface area contributed by atoms with E-state index in [4.69, 9.17) is 0 Å². The Kier molecular flexibility index (Phi) is 4.12. The highest BCUT2D eigenvalue weighted by Gasteiger charge is 2.42. The Hall–Kier alpha value is -2.28. The molecule has 2 N–H and O–H groups in total. The zero-order valence-corrected chi connectivity index (χ0v) is 12.5. The molecule has 1 aromatic heterocycles. The molecule has 1 amide bonds. The van der Waals surface area contributed by atoms with Crippen LogP contribution in [0.1, 0.15) is 23.6 Å². The predicted octanol–water partition coefficient (Wildman–Crippen LogP) is 1.50. The van der Waals surface area contributed by atoms with Crippen LogP contribution >= 0.6 is 0 Å². The summed E-state index contributed by atoms with van der Waals surface area (Å²) < 4.78 is 28.9. The van der Waals surface area contributed by atoms with Crippen LogP contribution < -0.4 is 5.32 Å². The monoisotopic (exact) mass is 321 g/mol. The summed E-state index contributed by atoms with van der Waals surface area (Å²) >= 11 is 0. The molecule has 7 heteroatoms. The lowest BCUT2D eigenvalue weighted by atomic mass is 9.83. The van der Waals surface area contributed by atoms with Crippen molar-refractivity contribution in [3.8, 4) is 0 Å². The summed E-state index contributed by atoms with van der Waals surface area (Å²) in [5, 5.41) is 16.6. The van der Waals surface area contributed by atoms with Gasteiger partial charge in [0.25, 0.3) is 0 Å². The first-order chi connectivity index (χ1) is 11.0. The van der Waals surface area contributed by atoms with Gasteiger partial charge in [-0.15, -0.1) is 0 Å². The minimum atomic E-state index is -0.601. The molecular formula is C16H17F2N3O2. The van der Waals surface area contributed by atoms with Gasteiger partial charge in [0, 0.05) is 18.0 Å². The van der Waals surface area contributed by atoms with Crippen LogP contribution in [0.25, 0.3) is 0 Å². The maximum absolute atomic E-state index is 13.8. The van der Waals surface area contributed by atoms with E-state index in [1.54, 1.807) is 23.1 Å². The molecule has 5 nitrogen and oxygen atoms in total. The third kappa shape index (κ3) is 3.10. The van der Waals surface area contributed by atoms with E-state index < -0.39 is 23.6 Å². The summed E-state index contributed by atoms with van der Waals surface area (Å²) in [6.07, 6.45) is 2.87. The second-order valence-corrected chi connectivity index (χ2v) is 5.82. The molecule has 1 aliphatic rings. The first-order valence-electron chi connectivity index (χ1n) is 7.37. The highest BCUT2D eigenvalue weighted by atomic mass is 19.1. The number of aliphatic hydroxyl groups is 1. The van der Waals surface area contributed by atoms with Gasteiger partial charge in [-0.2, -0.15) is 5.10 Å². The van der Waals surface area contributed by atoms with Gasteiger partial charge in [-0.25, -0.2) is 8.78 Å². The normalized spacial score (nSPS) is 23.4. The summed E-state index contributed by atoms with van der Waals surface area (Å²) in [5.41, 5.74) is 0.216. The number of carbonyl (C=O) groups is 1. The average Bonchev–Trinajstić information content (AvgIpc) is 2.97. The number of aryl methyl sites for hydroxylation is 1. The number of hydrogen-bond acceptors (Lipinski definition) is 3. The summed E-state index contributed by atoms with van der Waals surface area (Å²) in [5.74, 6) is -1.56. The summed E-state index contributed by atoms with van der Waals surface area (Å²) in [7, 11) is 0. The Bertz CT molecular complexity index is 718. The van der Waals surface area contributed by atoms with Crippen molar-refractivity contribution < 1.29 is 18.7 Å². The third-order valence-electron chi connectivity index (χ3n) is 4.16. The smallest absolute Gasteiger partial charge is 0.224 e. The number of nitrogens with zero attached hydrogens (tertiary/aromatic N) is 2. The van der Waals surface area contributed by atoms with Crippen LogP contribution in [-0.2, 0) is 11.2 Å². The second kappa shape index (κ2) is 6.08. The first-order valence-corrected chi connectivity index (χ1v) is 7.37. The fourth-order valence-electron chi connectivity index (χ4n) is 2.83. The largest absolute Gasteiger partial charge is 0.391 e. The molecular weight excluding hydrogens is 304 g/mol. The Morgan fingerprint density at radius 1 is 1.43 bits per heavy atom.